The van der Waals surface area contributed by atoms with E-state index in [1.54, 1.807) is 19.1 Å². The van der Waals surface area contributed by atoms with E-state index in [1.165, 1.54) is 6.07 Å². The molecule has 0 aliphatic carbocycles. The minimum atomic E-state index is -2.45. The molecule has 1 aromatic carbocycles. The first-order valence-electron chi connectivity index (χ1n) is 4.09. The molecular weight excluding hydrogens is 206 g/mol. The number of aromatic hydroxyl groups is 1. The van der Waals surface area contributed by atoms with Crippen LogP contribution < -0.4 is 0 Å². The highest BCUT2D eigenvalue weighted by Gasteiger charge is 2.13. The highest BCUT2D eigenvalue weighted by molar-refractivity contribution is 7.20. The molecule has 0 fully saturated rings. The molecule has 0 saturated heterocycles. The van der Waals surface area contributed by atoms with E-state index in [9.17, 15) is 13.9 Å². The zero-order valence-corrected chi connectivity index (χ0v) is 8.24. The van der Waals surface area contributed by atoms with Crippen LogP contribution in [0.1, 0.15) is 17.6 Å². The average molecular weight is 214 g/mol. The Labute approximate surface area is 83.6 Å². The zero-order valence-electron chi connectivity index (χ0n) is 7.42. The van der Waals surface area contributed by atoms with Crippen LogP contribution in [-0.2, 0) is 0 Å². The van der Waals surface area contributed by atoms with Gasteiger partial charge in [-0.3, -0.25) is 0 Å². The van der Waals surface area contributed by atoms with Gasteiger partial charge in [0.15, 0.2) is 5.06 Å². The Kier molecular flexibility index (Phi) is 2.15. The lowest BCUT2D eigenvalue weighted by atomic mass is 10.1. The van der Waals surface area contributed by atoms with Gasteiger partial charge in [-0.1, -0.05) is 23.5 Å². The standard InChI is InChI=1S/C10H8F2OS/c1-5-7(10(11)12)3-2-6-4-8(13)14-9(5)6/h2-4,10,13H,1H3. The van der Waals surface area contributed by atoms with Crippen LogP contribution in [-0.4, -0.2) is 5.11 Å². The van der Waals surface area contributed by atoms with E-state index in [0.29, 0.717) is 5.56 Å². The van der Waals surface area contributed by atoms with E-state index < -0.39 is 6.43 Å². The molecule has 1 heterocycles. The Balaban J connectivity index is 2.74. The molecule has 74 valence electrons. The van der Waals surface area contributed by atoms with Gasteiger partial charge in [0.25, 0.3) is 6.43 Å². The highest BCUT2D eigenvalue weighted by atomic mass is 32.1. The monoisotopic (exact) mass is 214 g/mol. The van der Waals surface area contributed by atoms with Gasteiger partial charge in [0.2, 0.25) is 0 Å². The summed E-state index contributed by atoms with van der Waals surface area (Å²) in [5.41, 5.74) is 0.599. The van der Waals surface area contributed by atoms with E-state index in [-0.39, 0.29) is 10.6 Å². The number of hydrogen-bond acceptors (Lipinski definition) is 2. The van der Waals surface area contributed by atoms with Crippen molar-refractivity contribution in [1.29, 1.82) is 0 Å². The predicted molar refractivity (Wildman–Crippen MR) is 53.2 cm³/mol. The molecule has 2 rings (SSSR count). The number of thiophene rings is 1. The third-order valence-electron chi connectivity index (χ3n) is 2.20. The molecule has 1 nitrogen and oxygen atoms in total. The summed E-state index contributed by atoms with van der Waals surface area (Å²) in [4.78, 5) is 0. The lowest BCUT2D eigenvalue weighted by Crippen LogP contribution is -1.88. The van der Waals surface area contributed by atoms with Crippen LogP contribution in [0.25, 0.3) is 10.1 Å². The first kappa shape index (κ1) is 9.40. The maximum atomic E-state index is 12.5. The fourth-order valence-electron chi connectivity index (χ4n) is 1.48. The average Bonchev–Trinajstić information content (AvgIpc) is 2.46. The summed E-state index contributed by atoms with van der Waals surface area (Å²) >= 11 is 1.13. The second-order valence-electron chi connectivity index (χ2n) is 3.08. The molecular formula is C10H8F2OS. The summed E-state index contributed by atoms with van der Waals surface area (Å²) in [5.74, 6) is 0. The number of hydrogen-bond donors (Lipinski definition) is 1. The van der Waals surface area contributed by atoms with Gasteiger partial charge in [-0.05, 0) is 23.9 Å². The minimum absolute atomic E-state index is 0.0411. The summed E-state index contributed by atoms with van der Waals surface area (Å²) in [6, 6.07) is 4.61. The van der Waals surface area contributed by atoms with Gasteiger partial charge in [-0.2, -0.15) is 0 Å². The lowest BCUT2D eigenvalue weighted by molar-refractivity contribution is 0.151. The van der Waals surface area contributed by atoms with Gasteiger partial charge in [0.05, 0.1) is 0 Å². The van der Waals surface area contributed by atoms with E-state index in [2.05, 4.69) is 0 Å². The van der Waals surface area contributed by atoms with Crippen molar-refractivity contribution in [3.8, 4) is 5.06 Å². The molecule has 0 atom stereocenters. The Morgan fingerprint density at radius 3 is 2.71 bits per heavy atom. The molecule has 0 amide bonds. The van der Waals surface area contributed by atoms with Gasteiger partial charge in [-0.15, -0.1) is 0 Å². The van der Waals surface area contributed by atoms with Crippen LogP contribution in [0.3, 0.4) is 0 Å². The molecule has 0 unspecified atom stereocenters. The summed E-state index contributed by atoms with van der Waals surface area (Å²) in [6.45, 7) is 1.65. The fourth-order valence-corrected chi connectivity index (χ4v) is 2.39. The Bertz CT molecular complexity index is 476. The van der Waals surface area contributed by atoms with E-state index in [1.807, 2.05) is 0 Å². The minimum Gasteiger partial charge on any atom is -0.499 e. The van der Waals surface area contributed by atoms with Gasteiger partial charge in [0.1, 0.15) is 0 Å². The topological polar surface area (TPSA) is 20.2 Å². The van der Waals surface area contributed by atoms with Crippen molar-refractivity contribution in [2.24, 2.45) is 0 Å². The number of rotatable bonds is 1. The van der Waals surface area contributed by atoms with Crippen LogP contribution >= 0.6 is 11.3 Å². The summed E-state index contributed by atoms with van der Waals surface area (Å²) in [7, 11) is 0. The van der Waals surface area contributed by atoms with Crippen molar-refractivity contribution in [2.75, 3.05) is 0 Å². The van der Waals surface area contributed by atoms with E-state index >= 15 is 0 Å². The first-order chi connectivity index (χ1) is 6.59. The second kappa shape index (κ2) is 3.20. The largest absolute Gasteiger partial charge is 0.499 e. The van der Waals surface area contributed by atoms with Gasteiger partial charge in [0, 0.05) is 10.3 Å². The number of alkyl halides is 2. The predicted octanol–water partition coefficient (Wildman–Crippen LogP) is 3.85. The molecule has 1 aromatic heterocycles. The van der Waals surface area contributed by atoms with Crippen molar-refractivity contribution in [3.05, 3.63) is 29.3 Å². The van der Waals surface area contributed by atoms with Crippen LogP contribution in [0.5, 0.6) is 5.06 Å². The quantitative estimate of drug-likeness (QED) is 0.764. The van der Waals surface area contributed by atoms with Crippen LogP contribution in [0, 0.1) is 6.92 Å². The molecule has 1 N–H and O–H groups in total. The Morgan fingerprint density at radius 2 is 2.07 bits per heavy atom. The number of aryl methyl sites for hydroxylation is 1. The maximum absolute atomic E-state index is 12.5. The third kappa shape index (κ3) is 1.35. The first-order valence-corrected chi connectivity index (χ1v) is 4.91. The highest BCUT2D eigenvalue weighted by Crippen LogP contribution is 2.36. The second-order valence-corrected chi connectivity index (χ2v) is 4.11. The fraction of sp³-hybridized carbons (Fsp3) is 0.200. The van der Waals surface area contributed by atoms with Crippen LogP contribution in [0.15, 0.2) is 18.2 Å². The Hall–Kier alpha value is -1.16. The van der Waals surface area contributed by atoms with Crippen molar-refractivity contribution in [3.63, 3.8) is 0 Å². The number of fused-ring (bicyclic) bond motifs is 1. The molecule has 0 spiro atoms. The normalized spacial score (nSPS) is 11.4. The van der Waals surface area contributed by atoms with Crippen molar-refractivity contribution >= 4 is 21.4 Å². The lowest BCUT2D eigenvalue weighted by Gasteiger charge is -2.04. The summed E-state index contributed by atoms with van der Waals surface area (Å²) in [6.07, 6.45) is -2.45. The third-order valence-corrected chi connectivity index (χ3v) is 3.27. The smallest absolute Gasteiger partial charge is 0.264 e. The summed E-state index contributed by atoms with van der Waals surface area (Å²) in [5, 5.41) is 10.2. The zero-order chi connectivity index (χ0) is 10.3. The van der Waals surface area contributed by atoms with Gasteiger partial charge in [-0.25, -0.2) is 8.78 Å². The van der Waals surface area contributed by atoms with Crippen molar-refractivity contribution in [2.45, 2.75) is 13.3 Å². The van der Waals surface area contributed by atoms with Crippen molar-refractivity contribution < 1.29 is 13.9 Å². The molecule has 4 heteroatoms. The van der Waals surface area contributed by atoms with E-state index in [4.69, 9.17) is 0 Å². The van der Waals surface area contributed by atoms with Crippen molar-refractivity contribution in [1.82, 2.24) is 0 Å². The molecule has 0 radical (unpaired) electrons. The molecule has 2 aromatic rings. The molecule has 0 aliphatic rings. The molecule has 14 heavy (non-hydrogen) atoms. The molecule has 0 saturated carbocycles. The maximum Gasteiger partial charge on any atom is 0.264 e. The number of benzene rings is 1. The Morgan fingerprint density at radius 1 is 1.36 bits per heavy atom. The summed E-state index contributed by atoms with van der Waals surface area (Å²) < 4.78 is 25.7. The van der Waals surface area contributed by atoms with Gasteiger partial charge < -0.3 is 5.11 Å². The number of halogens is 2. The molecule has 0 bridgehead atoms. The van der Waals surface area contributed by atoms with E-state index in [0.717, 1.165) is 21.4 Å². The molecule has 0 aliphatic heterocycles. The van der Waals surface area contributed by atoms with Crippen LogP contribution in [0.2, 0.25) is 0 Å². The SMILES string of the molecule is Cc1c(C(F)F)ccc2cc(O)sc12. The van der Waals surface area contributed by atoms with Crippen LogP contribution in [0.4, 0.5) is 8.78 Å². The van der Waals surface area contributed by atoms with Gasteiger partial charge >= 0.3 is 0 Å².